The molecule has 0 aliphatic heterocycles. The Morgan fingerprint density at radius 1 is 1.55 bits per heavy atom. The van der Waals surface area contributed by atoms with E-state index in [1.807, 2.05) is 0 Å². The molecule has 0 fully saturated rings. The van der Waals surface area contributed by atoms with Crippen LogP contribution in [-0.4, -0.2) is 19.7 Å². The van der Waals surface area contributed by atoms with Crippen LogP contribution in [0.4, 0.5) is 0 Å². The first-order valence-electron chi connectivity index (χ1n) is 2.92. The molecule has 56 valence electrons. The van der Waals surface area contributed by atoms with Gasteiger partial charge in [0, 0.05) is 0 Å². The molecule has 0 spiro atoms. The van der Waals surface area contributed by atoms with Gasteiger partial charge in [-0.25, -0.2) is 9.97 Å². The Morgan fingerprint density at radius 2 is 2.36 bits per heavy atom. The molecule has 6 heteroatoms. The fourth-order valence-electron chi connectivity index (χ4n) is 0.834. The number of hydrogen-bond donors (Lipinski definition) is 2. The second kappa shape index (κ2) is 1.82. The van der Waals surface area contributed by atoms with Gasteiger partial charge in [-0.15, -0.1) is 0 Å². The minimum Gasteiger partial charge on any atom is -0.804 e. The largest absolute Gasteiger partial charge is 0.804 e. The van der Waals surface area contributed by atoms with E-state index in [4.69, 9.17) is 5.41 Å². The van der Waals surface area contributed by atoms with Crippen molar-refractivity contribution < 1.29 is 0 Å². The van der Waals surface area contributed by atoms with Gasteiger partial charge in [0.1, 0.15) is 11.0 Å². The zero-order valence-electron chi connectivity index (χ0n) is 5.40. The maximum absolute atomic E-state index is 10.7. The molecule has 0 aliphatic rings. The molecule has 6 nitrogen and oxygen atoms in total. The molecule has 0 aliphatic carbocycles. The summed E-state index contributed by atoms with van der Waals surface area (Å²) in [6.07, 6.45) is 2.42. The fraction of sp³-hybridized carbons (Fsp3) is 0. The van der Waals surface area contributed by atoms with Crippen molar-refractivity contribution in [2.75, 3.05) is 0 Å². The second-order valence-corrected chi connectivity index (χ2v) is 2.02. The van der Waals surface area contributed by atoms with E-state index in [0.29, 0.717) is 15.9 Å². The minimum atomic E-state index is -0.160. The van der Waals surface area contributed by atoms with Crippen molar-refractivity contribution in [2.24, 2.45) is 0 Å². The van der Waals surface area contributed by atoms with Crippen LogP contribution in [0.3, 0.4) is 0 Å². The van der Waals surface area contributed by atoms with Crippen molar-refractivity contribution in [2.45, 2.75) is 0 Å². The van der Waals surface area contributed by atoms with E-state index in [1.54, 1.807) is 0 Å². The smallest absolute Gasteiger partial charge is 0.182 e. The molecular formula is C5H4N5O-. The first-order chi connectivity index (χ1) is 5.29. The van der Waals surface area contributed by atoms with Gasteiger partial charge in [-0.05, 0) is 0 Å². The van der Waals surface area contributed by atoms with Crippen LogP contribution >= 0.6 is 0 Å². The van der Waals surface area contributed by atoms with E-state index >= 15 is 0 Å². The summed E-state index contributed by atoms with van der Waals surface area (Å²) >= 11 is 0. The molecule has 2 N–H and O–H groups in total. The third-order valence-corrected chi connectivity index (χ3v) is 1.36. The normalized spacial score (nSPS) is 10.5. The summed E-state index contributed by atoms with van der Waals surface area (Å²) in [7, 11) is 0. The lowest BCUT2D eigenvalue weighted by Gasteiger charge is -2.07. The Balaban J connectivity index is 3.05. The topological polar surface area (TPSA) is 93.4 Å². The molecule has 0 saturated carbocycles. The molecule has 0 aromatic carbocycles. The average Bonchev–Trinajstić information content (AvgIpc) is 2.45. The second-order valence-electron chi connectivity index (χ2n) is 2.02. The summed E-state index contributed by atoms with van der Waals surface area (Å²) in [6.45, 7) is 0. The maximum atomic E-state index is 10.7. The van der Waals surface area contributed by atoms with Crippen LogP contribution in [0.15, 0.2) is 12.7 Å². The fourth-order valence-corrected chi connectivity index (χ4v) is 0.834. The quantitative estimate of drug-likeness (QED) is 0.534. The first-order valence-corrected chi connectivity index (χ1v) is 2.92. The maximum Gasteiger partial charge on any atom is 0.182 e. The molecule has 2 aromatic rings. The van der Waals surface area contributed by atoms with Crippen LogP contribution in [0.1, 0.15) is 0 Å². The number of fused-ring (bicyclic) bond motifs is 1. The van der Waals surface area contributed by atoms with Crippen LogP contribution in [0.5, 0.6) is 0 Å². The highest BCUT2D eigenvalue weighted by Crippen LogP contribution is 1.95. The Morgan fingerprint density at radius 3 is 3.18 bits per heavy atom. The van der Waals surface area contributed by atoms with E-state index in [1.165, 1.54) is 6.33 Å². The van der Waals surface area contributed by atoms with Gasteiger partial charge in [-0.3, -0.25) is 5.41 Å². The highest BCUT2D eigenvalue weighted by atomic mass is 16.5. The van der Waals surface area contributed by atoms with Gasteiger partial charge >= 0.3 is 0 Å². The van der Waals surface area contributed by atoms with Crippen molar-refractivity contribution >= 4 is 11.2 Å². The Kier molecular flexibility index (Phi) is 0.974. The van der Waals surface area contributed by atoms with Gasteiger partial charge < -0.3 is 14.9 Å². The predicted molar refractivity (Wildman–Crippen MR) is 36.5 cm³/mol. The van der Waals surface area contributed by atoms with E-state index in [0.717, 1.165) is 6.33 Å². The summed E-state index contributed by atoms with van der Waals surface area (Å²) in [5.74, 6) is 0. The Hall–Kier alpha value is -1.85. The molecule has 0 unspecified atom stereocenters. The van der Waals surface area contributed by atoms with Gasteiger partial charge in [0.15, 0.2) is 5.65 Å². The summed E-state index contributed by atoms with van der Waals surface area (Å²) < 4.78 is 0.376. The molecule has 0 atom stereocenters. The highest BCUT2D eigenvalue weighted by molar-refractivity contribution is 5.67. The molecule has 0 amide bonds. The summed E-state index contributed by atoms with van der Waals surface area (Å²) in [5.41, 5.74) is 0.595. The molecule has 0 bridgehead atoms. The lowest BCUT2D eigenvalue weighted by Crippen LogP contribution is -2.15. The van der Waals surface area contributed by atoms with Gasteiger partial charge in [0.2, 0.25) is 0 Å². The standard InChI is InChI=1S/C5H4N5O/c6-4-3-5(8-1-7-3)9-2-10(4)11/h1-2,6H,(H,7,8)/q-1. The number of aromatic amines is 1. The van der Waals surface area contributed by atoms with Crippen LogP contribution in [0.2, 0.25) is 0 Å². The van der Waals surface area contributed by atoms with Crippen LogP contribution in [0.25, 0.3) is 11.2 Å². The third kappa shape index (κ3) is 0.689. The van der Waals surface area contributed by atoms with Crippen molar-refractivity contribution in [1.82, 2.24) is 19.7 Å². The van der Waals surface area contributed by atoms with Crippen LogP contribution in [0, 0.1) is 10.6 Å². The average molecular weight is 150 g/mol. The van der Waals surface area contributed by atoms with Crippen molar-refractivity contribution in [3.63, 3.8) is 0 Å². The lowest BCUT2D eigenvalue weighted by molar-refractivity contribution is 0.912. The van der Waals surface area contributed by atoms with Crippen molar-refractivity contribution in [3.05, 3.63) is 23.3 Å². The predicted octanol–water partition coefficient (Wildman–Crippen LogP) is -0.415. The van der Waals surface area contributed by atoms with Gasteiger partial charge in [0.05, 0.1) is 12.7 Å². The van der Waals surface area contributed by atoms with E-state index in [-0.39, 0.29) is 5.49 Å². The van der Waals surface area contributed by atoms with Gasteiger partial charge in [-0.1, -0.05) is 0 Å². The number of H-pyrrole nitrogens is 1. The first kappa shape index (κ1) is 5.90. The minimum absolute atomic E-state index is 0.160. The van der Waals surface area contributed by atoms with E-state index in [2.05, 4.69) is 15.0 Å². The Bertz CT molecular complexity index is 441. The van der Waals surface area contributed by atoms with E-state index in [9.17, 15) is 5.21 Å². The number of aromatic nitrogens is 4. The summed E-state index contributed by atoms with van der Waals surface area (Å²) in [6, 6.07) is 0. The number of nitrogens with one attached hydrogen (secondary N) is 2. The molecule has 0 saturated heterocycles. The van der Waals surface area contributed by atoms with Crippen LogP contribution in [-0.2, 0) is 0 Å². The van der Waals surface area contributed by atoms with Crippen molar-refractivity contribution in [1.29, 1.82) is 5.41 Å². The zero-order valence-corrected chi connectivity index (χ0v) is 5.40. The number of rotatable bonds is 0. The summed E-state index contributed by atoms with van der Waals surface area (Å²) in [5, 5.41) is 18.0. The van der Waals surface area contributed by atoms with Crippen LogP contribution < -0.4 is 5.49 Å². The molecule has 11 heavy (non-hydrogen) atoms. The zero-order chi connectivity index (χ0) is 7.84. The number of nitrogens with zero attached hydrogens (tertiary/aromatic N) is 3. The molecule has 0 radical (unpaired) electrons. The third-order valence-electron chi connectivity index (χ3n) is 1.36. The molecule has 2 rings (SSSR count). The van der Waals surface area contributed by atoms with E-state index < -0.39 is 0 Å². The highest BCUT2D eigenvalue weighted by Gasteiger charge is 1.96. The molecule has 2 aromatic heterocycles. The molecular weight excluding hydrogens is 146 g/mol. The number of hydrogen-bond acceptors (Lipinski definition) is 4. The SMILES string of the molecule is N=c1c2[nH]cnc2ncn1[O-]. The lowest BCUT2D eigenvalue weighted by atomic mass is 10.5. The van der Waals surface area contributed by atoms with Crippen molar-refractivity contribution in [3.8, 4) is 0 Å². The summed E-state index contributed by atoms with van der Waals surface area (Å²) in [4.78, 5) is 10.1. The molecule has 2 heterocycles. The Labute approximate surface area is 60.6 Å². The van der Waals surface area contributed by atoms with Gasteiger partial charge in [-0.2, -0.15) is 0 Å². The van der Waals surface area contributed by atoms with Gasteiger partial charge in [0.25, 0.3) is 0 Å². The number of imidazole rings is 1. The monoisotopic (exact) mass is 150 g/mol.